The molecule has 1 heterocycles. The van der Waals surface area contributed by atoms with Crippen LogP contribution in [0.15, 0.2) is 66.4 Å². The molecule has 0 fully saturated rings. The van der Waals surface area contributed by atoms with E-state index in [1.165, 1.54) is 17.7 Å². The highest BCUT2D eigenvalue weighted by Gasteiger charge is 2.41. The van der Waals surface area contributed by atoms with Gasteiger partial charge in [0.2, 0.25) is 0 Å². The third-order valence-electron chi connectivity index (χ3n) is 6.76. The number of benzene rings is 2. The monoisotopic (exact) mass is 404 g/mol. The molecule has 0 bridgehead atoms. The van der Waals surface area contributed by atoms with E-state index in [4.69, 9.17) is 0 Å². The fraction of sp³-hybridized carbons (Fsp3) is 0.346. The number of hydrogen-bond acceptors (Lipinski definition) is 2. The third-order valence-corrected chi connectivity index (χ3v) is 6.76. The molecule has 4 heteroatoms. The van der Waals surface area contributed by atoms with Gasteiger partial charge < -0.3 is 5.11 Å². The zero-order valence-corrected chi connectivity index (χ0v) is 18.1. The Kier molecular flexibility index (Phi) is 5.15. The molecule has 3 nitrogen and oxygen atoms in total. The largest absolute Gasteiger partial charge is 0.392 e. The topological polar surface area (TPSA) is 38.0 Å². The summed E-state index contributed by atoms with van der Waals surface area (Å²) in [4.78, 5) is 0. The second-order valence-electron chi connectivity index (χ2n) is 9.33. The molecular weight excluding hydrogens is 375 g/mol. The van der Waals surface area contributed by atoms with Crippen molar-refractivity contribution in [3.05, 3.63) is 89.0 Å². The average Bonchev–Trinajstić information content (AvgIpc) is 3.11. The molecule has 1 N–H and O–H groups in total. The number of aliphatic hydroxyl groups is 1. The molecule has 0 saturated heterocycles. The minimum absolute atomic E-state index is 0.136. The summed E-state index contributed by atoms with van der Waals surface area (Å²) in [5.41, 5.74) is 4.80. The van der Waals surface area contributed by atoms with Gasteiger partial charge in [-0.15, -0.1) is 0 Å². The SMILES string of the molecule is CC1=Cc2c(cnn2-c2ccc(F)cc2)CC1(C)[C@H](O)CC(C)(C)c1ccccc1. The standard InChI is InChI=1S/C26H29FN2O/c1-18-14-23-19(17-28-29(23)22-12-10-21(27)11-13-22)15-26(18,4)24(30)16-25(2,3)20-8-6-5-7-9-20/h5-14,17,24,30H,15-16H2,1-4H3/t24-,26?/m1/s1. The number of halogens is 1. The summed E-state index contributed by atoms with van der Waals surface area (Å²) < 4.78 is 15.2. The predicted octanol–water partition coefficient (Wildman–Crippen LogP) is 5.71. The zero-order valence-electron chi connectivity index (χ0n) is 18.1. The lowest BCUT2D eigenvalue weighted by atomic mass is 9.65. The Bertz CT molecular complexity index is 1070. The maximum absolute atomic E-state index is 13.3. The van der Waals surface area contributed by atoms with Crippen LogP contribution in [0.5, 0.6) is 0 Å². The Labute approximate surface area is 177 Å². The first-order chi connectivity index (χ1) is 14.2. The smallest absolute Gasteiger partial charge is 0.123 e. The third kappa shape index (κ3) is 3.61. The Morgan fingerprint density at radius 1 is 1.13 bits per heavy atom. The molecule has 1 aromatic heterocycles. The molecule has 1 aliphatic rings. The number of aromatic nitrogens is 2. The second kappa shape index (κ2) is 7.51. The fourth-order valence-electron chi connectivity index (χ4n) is 4.47. The molecular formula is C26H29FN2O. The first-order valence-electron chi connectivity index (χ1n) is 10.5. The number of hydrogen-bond donors (Lipinski definition) is 1. The predicted molar refractivity (Wildman–Crippen MR) is 119 cm³/mol. The highest BCUT2D eigenvalue weighted by molar-refractivity contribution is 5.60. The molecule has 1 unspecified atom stereocenters. The van der Waals surface area contributed by atoms with Gasteiger partial charge in [0, 0.05) is 5.41 Å². The van der Waals surface area contributed by atoms with Crippen molar-refractivity contribution in [3.63, 3.8) is 0 Å². The molecule has 0 amide bonds. The molecule has 1 aliphatic carbocycles. The molecule has 156 valence electrons. The molecule has 30 heavy (non-hydrogen) atoms. The second-order valence-corrected chi connectivity index (χ2v) is 9.33. The Morgan fingerprint density at radius 3 is 2.47 bits per heavy atom. The number of nitrogens with zero attached hydrogens (tertiary/aromatic N) is 2. The van der Waals surface area contributed by atoms with E-state index in [0.29, 0.717) is 6.42 Å². The quantitative estimate of drug-likeness (QED) is 0.592. The van der Waals surface area contributed by atoms with Crippen LogP contribution in [-0.4, -0.2) is 21.0 Å². The van der Waals surface area contributed by atoms with Crippen LogP contribution >= 0.6 is 0 Å². The molecule has 0 aliphatic heterocycles. The van der Waals surface area contributed by atoms with Crippen LogP contribution < -0.4 is 0 Å². The normalized spacial score (nSPS) is 19.9. The maximum atomic E-state index is 13.3. The molecule has 0 spiro atoms. The molecule has 4 rings (SSSR count). The van der Waals surface area contributed by atoms with Gasteiger partial charge in [0.05, 0.1) is 23.7 Å². The first kappa shape index (κ1) is 20.5. The van der Waals surface area contributed by atoms with Gasteiger partial charge in [-0.05, 0) is 66.6 Å². The summed E-state index contributed by atoms with van der Waals surface area (Å²) >= 11 is 0. The van der Waals surface area contributed by atoms with E-state index in [0.717, 1.165) is 28.9 Å². The summed E-state index contributed by atoms with van der Waals surface area (Å²) in [5, 5.41) is 15.9. The van der Waals surface area contributed by atoms with Gasteiger partial charge in [-0.25, -0.2) is 9.07 Å². The lowest BCUT2D eigenvalue weighted by Gasteiger charge is -2.41. The van der Waals surface area contributed by atoms with Crippen molar-refractivity contribution in [3.8, 4) is 5.69 Å². The van der Waals surface area contributed by atoms with E-state index in [1.54, 1.807) is 12.1 Å². The molecule has 3 aromatic rings. The number of aliphatic hydroxyl groups excluding tert-OH is 1. The van der Waals surface area contributed by atoms with Crippen LogP contribution in [0.4, 0.5) is 4.39 Å². The van der Waals surface area contributed by atoms with Crippen molar-refractivity contribution in [2.75, 3.05) is 0 Å². The molecule has 0 saturated carbocycles. The minimum Gasteiger partial charge on any atom is -0.392 e. The summed E-state index contributed by atoms with van der Waals surface area (Å²) in [6.45, 7) is 8.61. The van der Waals surface area contributed by atoms with Gasteiger partial charge in [-0.1, -0.05) is 56.7 Å². The van der Waals surface area contributed by atoms with Crippen LogP contribution in [0.25, 0.3) is 11.8 Å². The van der Waals surface area contributed by atoms with E-state index in [1.807, 2.05) is 29.1 Å². The summed E-state index contributed by atoms with van der Waals surface area (Å²) in [7, 11) is 0. The van der Waals surface area contributed by atoms with E-state index in [9.17, 15) is 9.50 Å². The maximum Gasteiger partial charge on any atom is 0.123 e. The van der Waals surface area contributed by atoms with Crippen LogP contribution in [0.3, 0.4) is 0 Å². The van der Waals surface area contributed by atoms with Gasteiger partial charge >= 0.3 is 0 Å². The summed E-state index contributed by atoms with van der Waals surface area (Å²) in [6.07, 6.45) is 4.88. The number of rotatable bonds is 5. The van der Waals surface area contributed by atoms with Crippen molar-refractivity contribution in [2.24, 2.45) is 5.41 Å². The summed E-state index contributed by atoms with van der Waals surface area (Å²) in [5.74, 6) is -0.261. The fourth-order valence-corrected chi connectivity index (χ4v) is 4.47. The Morgan fingerprint density at radius 2 is 1.80 bits per heavy atom. The van der Waals surface area contributed by atoms with Crippen LogP contribution in [0, 0.1) is 11.2 Å². The lowest BCUT2D eigenvalue weighted by Crippen LogP contribution is -2.41. The zero-order chi connectivity index (χ0) is 21.5. The van der Waals surface area contributed by atoms with Crippen molar-refractivity contribution in [1.82, 2.24) is 9.78 Å². The van der Waals surface area contributed by atoms with Crippen molar-refractivity contribution in [1.29, 1.82) is 0 Å². The minimum atomic E-state index is -0.494. The lowest BCUT2D eigenvalue weighted by molar-refractivity contribution is 0.0382. The van der Waals surface area contributed by atoms with Gasteiger partial charge in [-0.3, -0.25) is 0 Å². The summed E-state index contributed by atoms with van der Waals surface area (Å²) in [6, 6.07) is 16.7. The highest BCUT2D eigenvalue weighted by Crippen LogP contribution is 2.44. The number of fused-ring (bicyclic) bond motifs is 1. The van der Waals surface area contributed by atoms with Crippen LogP contribution in [0.1, 0.15) is 50.9 Å². The molecule has 2 atom stereocenters. The van der Waals surface area contributed by atoms with E-state index >= 15 is 0 Å². The Hall–Kier alpha value is -2.72. The van der Waals surface area contributed by atoms with Gasteiger partial charge in [0.15, 0.2) is 0 Å². The van der Waals surface area contributed by atoms with Gasteiger partial charge in [0.25, 0.3) is 0 Å². The van der Waals surface area contributed by atoms with Crippen LogP contribution in [-0.2, 0) is 11.8 Å². The van der Waals surface area contributed by atoms with Gasteiger partial charge in [-0.2, -0.15) is 5.10 Å². The molecule has 2 aromatic carbocycles. The van der Waals surface area contributed by atoms with Crippen LogP contribution in [0.2, 0.25) is 0 Å². The van der Waals surface area contributed by atoms with Crippen molar-refractivity contribution in [2.45, 2.75) is 52.1 Å². The Balaban J connectivity index is 1.62. The highest BCUT2D eigenvalue weighted by atomic mass is 19.1. The van der Waals surface area contributed by atoms with E-state index in [-0.39, 0.29) is 16.6 Å². The first-order valence-corrected chi connectivity index (χ1v) is 10.5. The van der Waals surface area contributed by atoms with Crippen molar-refractivity contribution < 1.29 is 9.50 Å². The average molecular weight is 405 g/mol. The van der Waals surface area contributed by atoms with E-state index in [2.05, 4.69) is 51.0 Å². The van der Waals surface area contributed by atoms with Crippen molar-refractivity contribution >= 4 is 6.08 Å². The molecule has 0 radical (unpaired) electrons. The van der Waals surface area contributed by atoms with E-state index < -0.39 is 6.10 Å². The van der Waals surface area contributed by atoms with Gasteiger partial charge in [0.1, 0.15) is 5.82 Å².